The molecule has 1 aliphatic carbocycles. The van der Waals surface area contributed by atoms with Crippen LogP contribution in [0.15, 0.2) is 0 Å². The van der Waals surface area contributed by atoms with Gasteiger partial charge in [0.25, 0.3) is 0 Å². The van der Waals surface area contributed by atoms with Gasteiger partial charge in [0.1, 0.15) is 0 Å². The van der Waals surface area contributed by atoms with Gasteiger partial charge in [-0.3, -0.25) is 4.90 Å². The minimum absolute atomic E-state index is 0.754. The highest BCUT2D eigenvalue weighted by Crippen LogP contribution is 2.27. The minimum Gasteiger partial charge on any atom is -0.318 e. The van der Waals surface area contributed by atoms with E-state index in [0.717, 1.165) is 18.5 Å². The molecule has 0 radical (unpaired) electrons. The van der Waals surface area contributed by atoms with E-state index in [-0.39, 0.29) is 0 Å². The van der Waals surface area contributed by atoms with Gasteiger partial charge in [0.05, 0.1) is 0 Å². The first-order chi connectivity index (χ1) is 6.77. The highest BCUT2D eigenvalue weighted by molar-refractivity contribution is 4.76. The number of hydrogen-bond donors (Lipinski definition) is 1. The number of nitrogens with zero attached hydrogens (tertiary/aromatic N) is 1. The molecule has 0 aromatic carbocycles. The Balaban J connectivity index is 2.26. The van der Waals surface area contributed by atoms with Gasteiger partial charge >= 0.3 is 0 Å². The molecule has 1 aliphatic rings. The van der Waals surface area contributed by atoms with E-state index in [2.05, 4.69) is 24.1 Å². The van der Waals surface area contributed by atoms with Gasteiger partial charge in [-0.25, -0.2) is 0 Å². The smallest absolute Gasteiger partial charge is 0.0110 e. The van der Waals surface area contributed by atoms with E-state index in [1.807, 2.05) is 7.05 Å². The second-order valence-corrected chi connectivity index (χ2v) is 4.65. The maximum Gasteiger partial charge on any atom is 0.0110 e. The van der Waals surface area contributed by atoms with Gasteiger partial charge in [0.2, 0.25) is 0 Å². The average molecular weight is 198 g/mol. The molecule has 1 rings (SSSR count). The third-order valence-corrected chi connectivity index (χ3v) is 3.58. The summed E-state index contributed by atoms with van der Waals surface area (Å²) in [6.45, 7) is 8.31. The van der Waals surface area contributed by atoms with E-state index in [0.29, 0.717) is 0 Å². The van der Waals surface area contributed by atoms with Gasteiger partial charge in [-0.2, -0.15) is 0 Å². The Kier molecular flexibility index (Phi) is 5.49. The summed E-state index contributed by atoms with van der Waals surface area (Å²) in [6, 6.07) is 0.754. The third kappa shape index (κ3) is 3.58. The Labute approximate surface area is 89.1 Å². The molecule has 14 heavy (non-hydrogen) atoms. The lowest BCUT2D eigenvalue weighted by Crippen LogP contribution is -2.41. The number of hydrogen-bond acceptors (Lipinski definition) is 2. The van der Waals surface area contributed by atoms with E-state index < -0.39 is 0 Å². The molecule has 0 spiro atoms. The lowest BCUT2D eigenvalue weighted by molar-refractivity contribution is 0.138. The molecule has 1 saturated carbocycles. The Morgan fingerprint density at radius 3 is 2.57 bits per heavy atom. The fourth-order valence-electron chi connectivity index (χ4n) is 2.01. The topological polar surface area (TPSA) is 15.3 Å². The average Bonchev–Trinajstić information content (AvgIpc) is 2.14. The first-order valence-corrected chi connectivity index (χ1v) is 6.16. The third-order valence-electron chi connectivity index (χ3n) is 3.58. The van der Waals surface area contributed by atoms with Gasteiger partial charge in [-0.1, -0.05) is 13.3 Å². The first kappa shape index (κ1) is 12.0. The van der Waals surface area contributed by atoms with Crippen molar-refractivity contribution in [3.8, 4) is 0 Å². The van der Waals surface area contributed by atoms with Crippen molar-refractivity contribution >= 4 is 0 Å². The van der Waals surface area contributed by atoms with Gasteiger partial charge < -0.3 is 5.32 Å². The summed E-state index contributed by atoms with van der Waals surface area (Å²) in [4.78, 5) is 2.65. The first-order valence-electron chi connectivity index (χ1n) is 6.16. The molecule has 0 aliphatic heterocycles. The van der Waals surface area contributed by atoms with E-state index in [1.54, 1.807) is 0 Å². The predicted octanol–water partition coefficient (Wildman–Crippen LogP) is 2.11. The van der Waals surface area contributed by atoms with Crippen LogP contribution in [0.3, 0.4) is 0 Å². The van der Waals surface area contributed by atoms with Gasteiger partial charge in [0, 0.05) is 25.7 Å². The molecule has 0 aromatic heterocycles. The molecule has 2 nitrogen and oxygen atoms in total. The van der Waals surface area contributed by atoms with Crippen LogP contribution in [0.25, 0.3) is 0 Å². The van der Waals surface area contributed by atoms with Crippen molar-refractivity contribution < 1.29 is 0 Å². The van der Waals surface area contributed by atoms with Crippen molar-refractivity contribution in [1.29, 1.82) is 0 Å². The summed E-state index contributed by atoms with van der Waals surface area (Å²) in [5.74, 6) is 1.00. The molecular formula is C12H26N2. The highest BCUT2D eigenvalue weighted by Gasteiger charge is 2.22. The molecule has 1 fully saturated rings. The molecule has 0 bridgehead atoms. The quantitative estimate of drug-likeness (QED) is 0.674. The van der Waals surface area contributed by atoms with Gasteiger partial charge in [-0.05, 0) is 39.2 Å². The largest absolute Gasteiger partial charge is 0.318 e. The maximum atomic E-state index is 3.24. The normalized spacial score (nSPS) is 19.7. The summed E-state index contributed by atoms with van der Waals surface area (Å²) in [7, 11) is 2.04. The fourth-order valence-corrected chi connectivity index (χ4v) is 2.01. The molecule has 0 saturated heterocycles. The zero-order chi connectivity index (χ0) is 10.4. The van der Waals surface area contributed by atoms with Gasteiger partial charge in [-0.15, -0.1) is 0 Å². The molecule has 0 amide bonds. The SMILES string of the molecule is CCC(C)N(CCNC)CC1CCC1. The van der Waals surface area contributed by atoms with E-state index in [4.69, 9.17) is 0 Å². The number of likely N-dealkylation sites (N-methyl/N-ethyl adjacent to an activating group) is 1. The molecule has 1 unspecified atom stereocenters. The second kappa shape index (κ2) is 6.41. The molecular weight excluding hydrogens is 172 g/mol. The fraction of sp³-hybridized carbons (Fsp3) is 1.00. The van der Waals surface area contributed by atoms with Crippen LogP contribution in [0, 0.1) is 5.92 Å². The predicted molar refractivity (Wildman–Crippen MR) is 62.6 cm³/mol. The highest BCUT2D eigenvalue weighted by atomic mass is 15.2. The van der Waals surface area contributed by atoms with Crippen LogP contribution in [-0.2, 0) is 0 Å². The van der Waals surface area contributed by atoms with Crippen molar-refractivity contribution in [3.63, 3.8) is 0 Å². The maximum absolute atomic E-state index is 3.24. The Morgan fingerprint density at radius 2 is 2.14 bits per heavy atom. The molecule has 0 aromatic rings. The Morgan fingerprint density at radius 1 is 1.43 bits per heavy atom. The van der Waals surface area contributed by atoms with Crippen molar-refractivity contribution in [2.24, 2.45) is 5.92 Å². The van der Waals surface area contributed by atoms with Crippen LogP contribution >= 0.6 is 0 Å². The zero-order valence-electron chi connectivity index (χ0n) is 10.1. The summed E-state index contributed by atoms with van der Waals surface area (Å²) < 4.78 is 0. The molecule has 1 N–H and O–H groups in total. The Bertz CT molecular complexity index is 143. The number of rotatable bonds is 7. The van der Waals surface area contributed by atoms with Crippen molar-refractivity contribution in [2.75, 3.05) is 26.7 Å². The van der Waals surface area contributed by atoms with Crippen LogP contribution < -0.4 is 5.32 Å². The van der Waals surface area contributed by atoms with Crippen LogP contribution in [-0.4, -0.2) is 37.6 Å². The number of nitrogens with one attached hydrogen (secondary N) is 1. The molecule has 1 atom stereocenters. The summed E-state index contributed by atoms with van der Waals surface area (Å²) >= 11 is 0. The second-order valence-electron chi connectivity index (χ2n) is 4.65. The van der Waals surface area contributed by atoms with E-state index in [9.17, 15) is 0 Å². The summed E-state index contributed by atoms with van der Waals surface area (Å²) in [5, 5.41) is 3.24. The van der Waals surface area contributed by atoms with Crippen molar-refractivity contribution in [3.05, 3.63) is 0 Å². The van der Waals surface area contributed by atoms with Crippen LogP contribution in [0.4, 0.5) is 0 Å². The van der Waals surface area contributed by atoms with E-state index >= 15 is 0 Å². The van der Waals surface area contributed by atoms with Crippen molar-refractivity contribution in [1.82, 2.24) is 10.2 Å². The summed E-state index contributed by atoms with van der Waals surface area (Å²) in [6.07, 6.45) is 5.67. The zero-order valence-corrected chi connectivity index (χ0v) is 10.1. The molecule has 0 heterocycles. The lowest BCUT2D eigenvalue weighted by atomic mass is 9.85. The van der Waals surface area contributed by atoms with Crippen LogP contribution in [0.1, 0.15) is 39.5 Å². The van der Waals surface area contributed by atoms with Crippen LogP contribution in [0.2, 0.25) is 0 Å². The van der Waals surface area contributed by atoms with Gasteiger partial charge in [0.15, 0.2) is 0 Å². The summed E-state index contributed by atoms with van der Waals surface area (Å²) in [5.41, 5.74) is 0. The molecule has 2 heteroatoms. The van der Waals surface area contributed by atoms with Crippen LogP contribution in [0.5, 0.6) is 0 Å². The van der Waals surface area contributed by atoms with Crippen molar-refractivity contribution in [2.45, 2.75) is 45.6 Å². The van der Waals surface area contributed by atoms with E-state index in [1.165, 1.54) is 38.8 Å². The lowest BCUT2D eigenvalue weighted by Gasteiger charge is -2.35. The minimum atomic E-state index is 0.754. The monoisotopic (exact) mass is 198 g/mol. The Hall–Kier alpha value is -0.0800. The molecule has 84 valence electrons. The standard InChI is InChI=1S/C12H26N2/c1-4-11(2)14(9-8-13-3)10-12-6-5-7-12/h11-13H,4-10H2,1-3H3.